The molecule has 1 fully saturated rings. The van der Waals surface area contributed by atoms with Gasteiger partial charge in [-0.2, -0.15) is 13.2 Å². The quantitative estimate of drug-likeness (QED) is 0.406. The van der Waals surface area contributed by atoms with Crippen LogP contribution in [-0.2, 0) is 10.9 Å². The molecule has 3 aromatic rings. The van der Waals surface area contributed by atoms with E-state index in [1.807, 2.05) is 0 Å². The van der Waals surface area contributed by atoms with Crippen LogP contribution in [0.1, 0.15) is 42.8 Å². The molecule has 0 radical (unpaired) electrons. The van der Waals surface area contributed by atoms with Crippen molar-refractivity contribution < 1.29 is 36.2 Å². The minimum absolute atomic E-state index is 0.0407. The Morgan fingerprint density at radius 1 is 1.14 bits per heavy atom. The van der Waals surface area contributed by atoms with Crippen molar-refractivity contribution in [3.63, 3.8) is 0 Å². The predicted octanol–water partition coefficient (Wildman–Crippen LogP) is 5.97. The highest BCUT2D eigenvalue weighted by Crippen LogP contribution is 2.38. The lowest BCUT2D eigenvalue weighted by molar-refractivity contribution is -0.140. The zero-order valence-corrected chi connectivity index (χ0v) is 19.3. The third-order valence-electron chi connectivity index (χ3n) is 5.73. The van der Waals surface area contributed by atoms with Crippen molar-refractivity contribution in [1.29, 1.82) is 0 Å². The standard InChI is InChI=1S/C24H24F5N3O3/c1-12(16-7-14(25)8-18(22(16)26)24(27,28)29)30-23-17-9-21(35-11-15-5-4-6-34-15)20(33-3)10-19(17)31-13(2)32-23/h7-10,12,15H,4-6,11H2,1-3H3,(H,30,31,32)/t12-,15+/m1/s1. The number of rotatable bonds is 7. The lowest BCUT2D eigenvalue weighted by Gasteiger charge is -2.20. The van der Waals surface area contributed by atoms with E-state index in [0.29, 0.717) is 41.4 Å². The molecule has 1 aromatic heterocycles. The largest absolute Gasteiger partial charge is 0.493 e. The maximum absolute atomic E-state index is 14.7. The molecule has 1 N–H and O–H groups in total. The molecular weight excluding hydrogens is 473 g/mol. The van der Waals surface area contributed by atoms with Crippen LogP contribution in [0.4, 0.5) is 27.8 Å². The molecule has 2 aromatic carbocycles. The van der Waals surface area contributed by atoms with Crippen molar-refractivity contribution in [3.8, 4) is 11.5 Å². The first-order chi connectivity index (χ1) is 16.6. The number of benzene rings is 2. The van der Waals surface area contributed by atoms with Gasteiger partial charge in [-0.25, -0.2) is 18.7 Å². The number of aryl methyl sites for hydroxylation is 1. The molecule has 0 unspecified atom stereocenters. The van der Waals surface area contributed by atoms with Gasteiger partial charge in [0.1, 0.15) is 29.9 Å². The Kier molecular flexibility index (Phi) is 6.98. The van der Waals surface area contributed by atoms with E-state index in [-0.39, 0.29) is 18.0 Å². The smallest absolute Gasteiger partial charge is 0.419 e. The Morgan fingerprint density at radius 3 is 2.57 bits per heavy atom. The minimum atomic E-state index is -5.04. The Bertz CT molecular complexity index is 1230. The topological polar surface area (TPSA) is 65.5 Å². The maximum Gasteiger partial charge on any atom is 0.419 e. The van der Waals surface area contributed by atoms with Crippen LogP contribution >= 0.6 is 0 Å². The average molecular weight is 497 g/mol. The number of aromatic nitrogens is 2. The highest BCUT2D eigenvalue weighted by molar-refractivity contribution is 5.92. The molecule has 4 rings (SSSR count). The fourth-order valence-corrected chi connectivity index (χ4v) is 4.01. The summed E-state index contributed by atoms with van der Waals surface area (Å²) >= 11 is 0. The van der Waals surface area contributed by atoms with E-state index in [9.17, 15) is 22.0 Å². The fourth-order valence-electron chi connectivity index (χ4n) is 4.01. The van der Waals surface area contributed by atoms with Crippen LogP contribution in [0, 0.1) is 18.6 Å². The molecule has 11 heteroatoms. The zero-order valence-electron chi connectivity index (χ0n) is 19.3. The third kappa shape index (κ3) is 5.39. The second-order valence-electron chi connectivity index (χ2n) is 8.31. The molecule has 1 saturated heterocycles. The number of nitrogens with zero attached hydrogens (tertiary/aromatic N) is 2. The first-order valence-electron chi connectivity index (χ1n) is 11.0. The van der Waals surface area contributed by atoms with Gasteiger partial charge < -0.3 is 19.5 Å². The van der Waals surface area contributed by atoms with Crippen molar-refractivity contribution in [2.75, 3.05) is 25.6 Å². The number of nitrogens with one attached hydrogen (secondary N) is 1. The first kappa shape index (κ1) is 24.9. The molecule has 0 spiro atoms. The monoisotopic (exact) mass is 497 g/mol. The van der Waals surface area contributed by atoms with Crippen molar-refractivity contribution in [2.45, 2.75) is 45.0 Å². The Hall–Kier alpha value is -3.21. The van der Waals surface area contributed by atoms with E-state index in [1.165, 1.54) is 14.0 Å². The lowest BCUT2D eigenvalue weighted by Crippen LogP contribution is -2.17. The van der Waals surface area contributed by atoms with Crippen LogP contribution < -0.4 is 14.8 Å². The number of anilines is 1. The van der Waals surface area contributed by atoms with Crippen LogP contribution in [0.3, 0.4) is 0 Å². The average Bonchev–Trinajstić information content (AvgIpc) is 3.31. The summed E-state index contributed by atoms with van der Waals surface area (Å²) in [5.74, 6) is -1.33. The summed E-state index contributed by atoms with van der Waals surface area (Å²) in [6.07, 6.45) is -3.25. The van der Waals surface area contributed by atoms with Gasteiger partial charge >= 0.3 is 6.18 Å². The molecule has 35 heavy (non-hydrogen) atoms. The van der Waals surface area contributed by atoms with E-state index in [2.05, 4.69) is 15.3 Å². The van der Waals surface area contributed by atoms with Gasteiger partial charge in [0.15, 0.2) is 11.5 Å². The summed E-state index contributed by atoms with van der Waals surface area (Å²) in [5.41, 5.74) is -1.67. The SMILES string of the molecule is COc1cc2nc(C)nc(N[C@H](C)c3cc(F)cc(C(F)(F)F)c3F)c2cc1OC[C@@H]1CCCO1. The summed E-state index contributed by atoms with van der Waals surface area (Å²) in [6.45, 7) is 4.03. The van der Waals surface area contributed by atoms with Gasteiger partial charge in [-0.15, -0.1) is 0 Å². The highest BCUT2D eigenvalue weighted by atomic mass is 19.4. The van der Waals surface area contributed by atoms with Crippen molar-refractivity contribution in [2.24, 2.45) is 0 Å². The second-order valence-corrected chi connectivity index (χ2v) is 8.31. The zero-order chi connectivity index (χ0) is 25.3. The van der Waals surface area contributed by atoms with Crippen LogP contribution in [0.25, 0.3) is 10.9 Å². The number of methoxy groups -OCH3 is 1. The Balaban J connectivity index is 1.70. The van der Waals surface area contributed by atoms with E-state index in [0.717, 1.165) is 18.9 Å². The third-order valence-corrected chi connectivity index (χ3v) is 5.73. The molecular formula is C24H24F5N3O3. The van der Waals surface area contributed by atoms with Gasteiger partial charge in [-0.3, -0.25) is 0 Å². The van der Waals surface area contributed by atoms with Crippen LogP contribution in [0.5, 0.6) is 11.5 Å². The van der Waals surface area contributed by atoms with Gasteiger partial charge in [-0.1, -0.05) is 0 Å². The summed E-state index contributed by atoms with van der Waals surface area (Å²) < 4.78 is 85.1. The number of alkyl halides is 3. The molecule has 1 aliphatic rings. The van der Waals surface area contributed by atoms with Crippen LogP contribution in [0.15, 0.2) is 24.3 Å². The Labute approximate surface area is 198 Å². The lowest BCUT2D eigenvalue weighted by atomic mass is 10.0. The molecule has 6 nitrogen and oxygen atoms in total. The number of hydrogen-bond donors (Lipinski definition) is 1. The highest BCUT2D eigenvalue weighted by Gasteiger charge is 2.36. The van der Waals surface area contributed by atoms with Gasteiger partial charge in [0.25, 0.3) is 0 Å². The van der Waals surface area contributed by atoms with Gasteiger partial charge in [0, 0.05) is 23.6 Å². The normalized spacial score (nSPS) is 17.0. The number of fused-ring (bicyclic) bond motifs is 1. The number of ether oxygens (including phenoxy) is 3. The van der Waals surface area contributed by atoms with Crippen molar-refractivity contribution in [1.82, 2.24) is 9.97 Å². The van der Waals surface area contributed by atoms with Crippen LogP contribution in [0.2, 0.25) is 0 Å². The van der Waals surface area contributed by atoms with Crippen molar-refractivity contribution >= 4 is 16.7 Å². The summed E-state index contributed by atoms with van der Waals surface area (Å²) in [4.78, 5) is 8.73. The molecule has 0 saturated carbocycles. The summed E-state index contributed by atoms with van der Waals surface area (Å²) in [6, 6.07) is 3.11. The molecule has 188 valence electrons. The molecule has 0 amide bonds. The second kappa shape index (κ2) is 9.80. The van der Waals surface area contributed by atoms with Gasteiger partial charge in [0.2, 0.25) is 0 Å². The summed E-state index contributed by atoms with van der Waals surface area (Å²) in [7, 11) is 1.49. The van der Waals surface area contributed by atoms with Crippen LogP contribution in [-0.4, -0.2) is 36.4 Å². The number of halogens is 5. The summed E-state index contributed by atoms with van der Waals surface area (Å²) in [5, 5.41) is 3.38. The van der Waals surface area contributed by atoms with E-state index < -0.39 is 35.0 Å². The van der Waals surface area contributed by atoms with Gasteiger partial charge in [-0.05, 0) is 44.9 Å². The van der Waals surface area contributed by atoms with Crippen molar-refractivity contribution in [3.05, 3.63) is 52.9 Å². The Morgan fingerprint density at radius 2 is 1.91 bits per heavy atom. The first-order valence-corrected chi connectivity index (χ1v) is 11.0. The maximum atomic E-state index is 14.7. The van der Waals surface area contributed by atoms with E-state index >= 15 is 0 Å². The molecule has 0 aliphatic carbocycles. The number of hydrogen-bond acceptors (Lipinski definition) is 6. The van der Waals surface area contributed by atoms with E-state index in [4.69, 9.17) is 14.2 Å². The predicted molar refractivity (Wildman–Crippen MR) is 119 cm³/mol. The molecule has 0 bridgehead atoms. The fraction of sp³-hybridized carbons (Fsp3) is 0.417. The van der Waals surface area contributed by atoms with Gasteiger partial charge in [0.05, 0.1) is 30.3 Å². The van der Waals surface area contributed by atoms with E-state index in [1.54, 1.807) is 19.1 Å². The molecule has 1 aliphatic heterocycles. The molecule has 2 atom stereocenters. The molecule has 2 heterocycles. The minimum Gasteiger partial charge on any atom is -0.493 e.